The molecule has 2 aromatic heterocycles. The number of nitrogens with zero attached hydrogens (tertiary/aromatic N) is 3. The van der Waals surface area contributed by atoms with Crippen molar-refractivity contribution in [2.24, 2.45) is 0 Å². The van der Waals surface area contributed by atoms with Gasteiger partial charge in [0.15, 0.2) is 0 Å². The third-order valence-electron chi connectivity index (χ3n) is 6.44. The standard InChI is InChI=1S/C31H24IN3O3S/c1-22-8-11-29(12-9-22)39(36,37)35-17-14-25-20-28(10-13-31(25)35)38-27-7-3-5-24(19-27)30-15-16-34(33-30)21-23-4-2-6-26(32)18-23/h2-20H,21H2,1H3. The molecule has 2 heterocycles. The van der Waals surface area contributed by atoms with Crippen molar-refractivity contribution in [1.29, 1.82) is 0 Å². The van der Waals surface area contributed by atoms with E-state index in [0.29, 0.717) is 23.6 Å². The average molecular weight is 646 g/mol. The summed E-state index contributed by atoms with van der Waals surface area (Å²) in [4.78, 5) is 0.253. The lowest BCUT2D eigenvalue weighted by Gasteiger charge is -2.10. The van der Waals surface area contributed by atoms with Gasteiger partial charge < -0.3 is 4.74 Å². The van der Waals surface area contributed by atoms with Crippen LogP contribution in [0, 0.1) is 10.5 Å². The van der Waals surface area contributed by atoms with Gasteiger partial charge >= 0.3 is 0 Å². The largest absolute Gasteiger partial charge is 0.457 e. The Kier molecular flexibility index (Phi) is 6.74. The van der Waals surface area contributed by atoms with Crippen molar-refractivity contribution < 1.29 is 13.2 Å². The molecule has 4 aromatic carbocycles. The van der Waals surface area contributed by atoms with E-state index in [2.05, 4.69) is 46.9 Å². The van der Waals surface area contributed by atoms with E-state index in [1.807, 2.05) is 54.2 Å². The Hall–Kier alpha value is -3.89. The first-order chi connectivity index (χ1) is 18.8. The van der Waals surface area contributed by atoms with Crippen molar-refractivity contribution in [2.75, 3.05) is 0 Å². The zero-order chi connectivity index (χ0) is 27.0. The van der Waals surface area contributed by atoms with E-state index < -0.39 is 10.0 Å². The number of hydrogen-bond donors (Lipinski definition) is 0. The summed E-state index contributed by atoms with van der Waals surface area (Å²) in [7, 11) is -3.70. The third kappa shape index (κ3) is 5.35. The van der Waals surface area contributed by atoms with Gasteiger partial charge in [-0.15, -0.1) is 0 Å². The van der Waals surface area contributed by atoms with E-state index in [9.17, 15) is 8.42 Å². The van der Waals surface area contributed by atoms with Crippen LogP contribution in [0.25, 0.3) is 22.2 Å². The van der Waals surface area contributed by atoms with E-state index >= 15 is 0 Å². The van der Waals surface area contributed by atoms with Gasteiger partial charge in [-0.2, -0.15) is 5.10 Å². The molecule has 0 radical (unpaired) electrons. The van der Waals surface area contributed by atoms with Gasteiger partial charge in [0.25, 0.3) is 10.0 Å². The molecule has 8 heteroatoms. The molecule has 0 aliphatic heterocycles. The van der Waals surface area contributed by atoms with E-state index in [1.165, 1.54) is 13.1 Å². The summed E-state index contributed by atoms with van der Waals surface area (Å²) in [5, 5.41) is 5.52. The second kappa shape index (κ2) is 10.3. The highest BCUT2D eigenvalue weighted by Crippen LogP contribution is 2.30. The Morgan fingerprint density at radius 3 is 2.44 bits per heavy atom. The van der Waals surface area contributed by atoms with Gasteiger partial charge in [0.05, 0.1) is 22.7 Å². The SMILES string of the molecule is Cc1ccc(S(=O)(=O)n2ccc3cc(Oc4cccc(-c5ccn(Cc6cccc(I)c6)n5)c4)ccc32)cc1. The lowest BCUT2D eigenvalue weighted by Crippen LogP contribution is -2.11. The van der Waals surface area contributed by atoms with E-state index in [1.54, 1.807) is 48.7 Å². The monoisotopic (exact) mass is 645 g/mol. The summed E-state index contributed by atoms with van der Waals surface area (Å²) in [6.45, 7) is 2.63. The lowest BCUT2D eigenvalue weighted by atomic mass is 10.1. The molecular formula is C31H24IN3O3S. The van der Waals surface area contributed by atoms with E-state index in [-0.39, 0.29) is 4.90 Å². The Labute approximate surface area is 240 Å². The van der Waals surface area contributed by atoms with Crippen LogP contribution >= 0.6 is 22.6 Å². The third-order valence-corrected chi connectivity index (χ3v) is 8.82. The van der Waals surface area contributed by atoms with Crippen molar-refractivity contribution in [2.45, 2.75) is 18.4 Å². The van der Waals surface area contributed by atoms with Crippen molar-refractivity contribution in [3.05, 3.63) is 130 Å². The minimum atomic E-state index is -3.70. The molecule has 0 atom stereocenters. The van der Waals surface area contributed by atoms with Gasteiger partial charge in [0.1, 0.15) is 11.5 Å². The van der Waals surface area contributed by atoms with Gasteiger partial charge in [0.2, 0.25) is 0 Å². The Balaban J connectivity index is 1.22. The van der Waals surface area contributed by atoms with Gasteiger partial charge in [0, 0.05) is 26.9 Å². The molecule has 6 nitrogen and oxygen atoms in total. The Morgan fingerprint density at radius 2 is 1.62 bits per heavy atom. The number of ether oxygens (including phenoxy) is 1. The molecule has 194 valence electrons. The molecule has 0 bridgehead atoms. The topological polar surface area (TPSA) is 66.1 Å². The summed E-state index contributed by atoms with van der Waals surface area (Å²) in [5.41, 5.74) is 4.61. The van der Waals surface area contributed by atoms with E-state index in [4.69, 9.17) is 9.84 Å². The summed E-state index contributed by atoms with van der Waals surface area (Å²) in [5.74, 6) is 1.29. The number of aromatic nitrogens is 3. The highest BCUT2D eigenvalue weighted by molar-refractivity contribution is 14.1. The van der Waals surface area contributed by atoms with Crippen LogP contribution < -0.4 is 4.74 Å². The summed E-state index contributed by atoms with van der Waals surface area (Å²) >= 11 is 2.32. The molecule has 39 heavy (non-hydrogen) atoms. The maximum absolute atomic E-state index is 13.2. The second-order valence-electron chi connectivity index (χ2n) is 9.31. The first-order valence-electron chi connectivity index (χ1n) is 12.3. The highest BCUT2D eigenvalue weighted by atomic mass is 127. The van der Waals surface area contributed by atoms with Crippen molar-refractivity contribution in [3.63, 3.8) is 0 Å². The van der Waals surface area contributed by atoms with E-state index in [0.717, 1.165) is 22.2 Å². The summed E-state index contributed by atoms with van der Waals surface area (Å²) in [6.07, 6.45) is 3.56. The predicted molar refractivity (Wildman–Crippen MR) is 162 cm³/mol. The summed E-state index contributed by atoms with van der Waals surface area (Å²) < 4.78 is 37.0. The number of fused-ring (bicyclic) bond motifs is 1. The molecule has 0 fully saturated rings. The molecule has 6 rings (SSSR count). The number of hydrogen-bond acceptors (Lipinski definition) is 4. The fourth-order valence-corrected chi connectivity index (χ4v) is 6.43. The van der Waals surface area contributed by atoms with Crippen LogP contribution in [0.1, 0.15) is 11.1 Å². The molecule has 6 aromatic rings. The molecular weight excluding hydrogens is 621 g/mol. The predicted octanol–water partition coefficient (Wildman–Crippen LogP) is 7.50. The Bertz CT molecular complexity index is 1910. The van der Waals surface area contributed by atoms with Crippen LogP contribution in [0.3, 0.4) is 0 Å². The number of halogens is 1. The molecule has 0 N–H and O–H groups in total. The van der Waals surface area contributed by atoms with Gasteiger partial charge in [-0.05, 0) is 102 Å². The molecule has 0 saturated heterocycles. The molecule has 0 saturated carbocycles. The quantitative estimate of drug-likeness (QED) is 0.169. The van der Waals surface area contributed by atoms with Crippen LogP contribution in [0.4, 0.5) is 0 Å². The van der Waals surface area contributed by atoms with Crippen LogP contribution in [-0.2, 0) is 16.6 Å². The van der Waals surface area contributed by atoms with Crippen molar-refractivity contribution in [1.82, 2.24) is 13.8 Å². The second-order valence-corrected chi connectivity index (χ2v) is 12.4. The zero-order valence-electron chi connectivity index (χ0n) is 21.0. The van der Waals surface area contributed by atoms with Crippen molar-refractivity contribution >= 4 is 43.5 Å². The molecule has 0 aliphatic rings. The lowest BCUT2D eigenvalue weighted by molar-refractivity contribution is 0.483. The van der Waals surface area contributed by atoms with Gasteiger partial charge in [-0.25, -0.2) is 12.4 Å². The number of rotatable bonds is 7. The normalized spacial score (nSPS) is 11.6. The molecule has 0 unspecified atom stereocenters. The Morgan fingerprint density at radius 1 is 0.821 bits per heavy atom. The fraction of sp³-hybridized carbons (Fsp3) is 0.0645. The van der Waals surface area contributed by atoms with Gasteiger partial charge in [-0.1, -0.05) is 42.0 Å². The highest BCUT2D eigenvalue weighted by Gasteiger charge is 2.19. The zero-order valence-corrected chi connectivity index (χ0v) is 24.0. The maximum Gasteiger partial charge on any atom is 0.268 e. The van der Waals surface area contributed by atoms with Crippen LogP contribution in [0.15, 0.2) is 120 Å². The fourth-order valence-electron chi connectivity index (χ4n) is 4.47. The van der Waals surface area contributed by atoms with Gasteiger partial charge in [-0.3, -0.25) is 4.68 Å². The molecule has 0 spiro atoms. The summed E-state index contributed by atoms with van der Waals surface area (Å²) in [6, 6.07) is 32.2. The maximum atomic E-state index is 13.2. The smallest absolute Gasteiger partial charge is 0.268 e. The van der Waals surface area contributed by atoms with Crippen LogP contribution in [0.2, 0.25) is 0 Å². The average Bonchev–Trinajstić information content (AvgIpc) is 3.57. The number of benzene rings is 4. The first-order valence-corrected chi connectivity index (χ1v) is 14.9. The minimum Gasteiger partial charge on any atom is -0.457 e. The first kappa shape index (κ1) is 25.4. The molecule has 0 amide bonds. The van der Waals surface area contributed by atoms with Crippen LogP contribution in [0.5, 0.6) is 11.5 Å². The van der Waals surface area contributed by atoms with Crippen molar-refractivity contribution in [3.8, 4) is 22.8 Å². The molecule has 0 aliphatic carbocycles. The minimum absolute atomic E-state index is 0.253. The number of aryl methyl sites for hydroxylation is 1. The van der Waals surface area contributed by atoms with Crippen LogP contribution in [-0.4, -0.2) is 22.2 Å².